The summed E-state index contributed by atoms with van der Waals surface area (Å²) in [5, 5.41) is 4.89. The van der Waals surface area contributed by atoms with Crippen LogP contribution in [0.3, 0.4) is 0 Å². The van der Waals surface area contributed by atoms with Gasteiger partial charge in [-0.05, 0) is 50.7 Å². The highest BCUT2D eigenvalue weighted by atomic mass is 127. The fourth-order valence-electron chi connectivity index (χ4n) is 0.728. The number of primary sulfonamides is 1. The maximum absolute atomic E-state index is 12.9. The second-order valence-electron chi connectivity index (χ2n) is 2.22. The van der Waals surface area contributed by atoms with Crippen molar-refractivity contribution in [1.82, 2.24) is 0 Å². The monoisotopic (exact) mass is 379 g/mol. The van der Waals surface area contributed by atoms with Gasteiger partial charge in [-0.1, -0.05) is 0 Å². The molecule has 0 heterocycles. The largest absolute Gasteiger partial charge is 0.239 e. The molecule has 2 N–H and O–H groups in total. The Labute approximate surface area is 96.8 Å². The lowest BCUT2D eigenvalue weighted by molar-refractivity contribution is 0.594. The third-order valence-electron chi connectivity index (χ3n) is 1.31. The number of nitrogens with two attached hydrogens (primary N) is 1. The van der Waals surface area contributed by atoms with E-state index in [9.17, 15) is 12.8 Å². The van der Waals surface area contributed by atoms with Crippen LogP contribution < -0.4 is 5.14 Å². The van der Waals surface area contributed by atoms with Gasteiger partial charge in [-0.3, -0.25) is 0 Å². The summed E-state index contributed by atoms with van der Waals surface area (Å²) in [7, 11) is -3.79. The Kier molecular flexibility index (Phi) is 3.31. The Hall–Kier alpha value is 0.270. The second kappa shape index (κ2) is 3.79. The first-order valence-electron chi connectivity index (χ1n) is 3.00. The molecule has 0 saturated heterocycles. The van der Waals surface area contributed by atoms with E-state index in [2.05, 4.69) is 15.9 Å². The van der Waals surface area contributed by atoms with Crippen LogP contribution in [0.25, 0.3) is 0 Å². The van der Waals surface area contributed by atoms with E-state index >= 15 is 0 Å². The molecule has 0 saturated carbocycles. The predicted molar refractivity (Wildman–Crippen MR) is 58.2 cm³/mol. The van der Waals surface area contributed by atoms with Gasteiger partial charge in [0.2, 0.25) is 10.0 Å². The van der Waals surface area contributed by atoms with Crippen molar-refractivity contribution in [2.24, 2.45) is 5.14 Å². The first-order chi connectivity index (χ1) is 5.84. The summed E-state index contributed by atoms with van der Waals surface area (Å²) in [6.07, 6.45) is 0. The van der Waals surface area contributed by atoms with Gasteiger partial charge in [0.15, 0.2) is 0 Å². The van der Waals surface area contributed by atoms with Crippen molar-refractivity contribution in [2.45, 2.75) is 4.90 Å². The Morgan fingerprint density at radius 3 is 2.46 bits per heavy atom. The average Bonchev–Trinajstić information content (AvgIpc) is 1.98. The fourth-order valence-corrected chi connectivity index (χ4v) is 2.99. The third kappa shape index (κ3) is 2.39. The van der Waals surface area contributed by atoms with E-state index in [1.807, 2.05) is 0 Å². The standard InChI is InChI=1S/C6H4BrFINO2S/c7-5-4(13(10,11)12)2-1-3(8)6(5)9/h1-2H,(H2,10,11,12). The minimum Gasteiger partial charge on any atom is -0.225 e. The van der Waals surface area contributed by atoms with Crippen LogP contribution in [0.4, 0.5) is 4.39 Å². The summed E-state index contributed by atoms with van der Waals surface area (Å²) in [6.45, 7) is 0. The number of halogens is 3. The van der Waals surface area contributed by atoms with Crippen molar-refractivity contribution in [3.05, 3.63) is 26.0 Å². The van der Waals surface area contributed by atoms with Gasteiger partial charge < -0.3 is 0 Å². The van der Waals surface area contributed by atoms with Gasteiger partial charge in [0.25, 0.3) is 0 Å². The van der Waals surface area contributed by atoms with Crippen molar-refractivity contribution >= 4 is 48.5 Å². The lowest BCUT2D eigenvalue weighted by Crippen LogP contribution is -2.13. The Morgan fingerprint density at radius 2 is 2.00 bits per heavy atom. The van der Waals surface area contributed by atoms with Crippen LogP contribution in [-0.2, 0) is 10.0 Å². The SMILES string of the molecule is NS(=O)(=O)c1ccc(F)c(I)c1Br. The molecular formula is C6H4BrFINO2S. The van der Waals surface area contributed by atoms with E-state index < -0.39 is 15.8 Å². The fraction of sp³-hybridized carbons (Fsp3) is 0. The van der Waals surface area contributed by atoms with Gasteiger partial charge in [-0.15, -0.1) is 0 Å². The molecular weight excluding hydrogens is 376 g/mol. The van der Waals surface area contributed by atoms with Gasteiger partial charge in [-0.25, -0.2) is 17.9 Å². The molecule has 3 nitrogen and oxygen atoms in total. The van der Waals surface area contributed by atoms with Crippen molar-refractivity contribution in [3.8, 4) is 0 Å². The Morgan fingerprint density at radius 1 is 1.46 bits per heavy atom. The number of hydrogen-bond donors (Lipinski definition) is 1. The molecule has 0 aliphatic carbocycles. The van der Waals surface area contributed by atoms with Gasteiger partial charge in [-0.2, -0.15) is 0 Å². The maximum atomic E-state index is 12.9. The lowest BCUT2D eigenvalue weighted by Gasteiger charge is -2.03. The van der Waals surface area contributed by atoms with Crippen LogP contribution in [0, 0.1) is 9.39 Å². The third-order valence-corrected chi connectivity index (χ3v) is 5.14. The second-order valence-corrected chi connectivity index (χ2v) is 5.62. The Balaban J connectivity index is 3.53. The van der Waals surface area contributed by atoms with E-state index in [-0.39, 0.29) is 12.9 Å². The summed E-state index contributed by atoms with van der Waals surface area (Å²) < 4.78 is 35.1. The Bertz CT molecular complexity index is 448. The highest BCUT2D eigenvalue weighted by Crippen LogP contribution is 2.28. The minimum absolute atomic E-state index is 0.113. The normalized spacial score (nSPS) is 11.7. The summed E-state index contributed by atoms with van der Waals surface area (Å²) in [5.41, 5.74) is 0. The van der Waals surface area contributed by atoms with Crippen molar-refractivity contribution in [1.29, 1.82) is 0 Å². The molecule has 13 heavy (non-hydrogen) atoms. The zero-order valence-electron chi connectivity index (χ0n) is 6.09. The molecule has 0 bridgehead atoms. The molecule has 0 aliphatic heterocycles. The van der Waals surface area contributed by atoms with E-state index in [4.69, 9.17) is 5.14 Å². The molecule has 0 radical (unpaired) electrons. The van der Waals surface area contributed by atoms with E-state index in [0.717, 1.165) is 12.1 Å². The van der Waals surface area contributed by atoms with Crippen LogP contribution in [-0.4, -0.2) is 8.42 Å². The minimum atomic E-state index is -3.79. The van der Waals surface area contributed by atoms with Crippen LogP contribution in [0.2, 0.25) is 0 Å². The number of rotatable bonds is 1. The molecule has 0 spiro atoms. The van der Waals surface area contributed by atoms with Gasteiger partial charge >= 0.3 is 0 Å². The number of sulfonamides is 1. The van der Waals surface area contributed by atoms with Crippen molar-refractivity contribution < 1.29 is 12.8 Å². The highest BCUT2D eigenvalue weighted by Gasteiger charge is 2.16. The van der Waals surface area contributed by atoms with Crippen LogP contribution in [0.15, 0.2) is 21.5 Å². The van der Waals surface area contributed by atoms with Gasteiger partial charge in [0.1, 0.15) is 5.82 Å². The first-order valence-corrected chi connectivity index (χ1v) is 6.42. The molecule has 7 heteroatoms. The summed E-state index contributed by atoms with van der Waals surface area (Å²) in [4.78, 5) is -0.113. The van der Waals surface area contributed by atoms with E-state index in [0.29, 0.717) is 0 Å². The quantitative estimate of drug-likeness (QED) is 0.597. The van der Waals surface area contributed by atoms with Crippen LogP contribution in [0.1, 0.15) is 0 Å². The summed E-state index contributed by atoms with van der Waals surface area (Å²) >= 11 is 4.65. The summed E-state index contributed by atoms with van der Waals surface area (Å²) in [6, 6.07) is 2.18. The summed E-state index contributed by atoms with van der Waals surface area (Å²) in [5.74, 6) is -0.486. The molecule has 0 aliphatic rings. The molecule has 0 unspecified atom stereocenters. The molecule has 72 valence electrons. The first kappa shape index (κ1) is 11.3. The molecule has 0 aromatic heterocycles. The van der Waals surface area contributed by atoms with Crippen molar-refractivity contribution in [2.75, 3.05) is 0 Å². The number of hydrogen-bond acceptors (Lipinski definition) is 2. The molecule has 1 aromatic carbocycles. The lowest BCUT2D eigenvalue weighted by atomic mass is 10.3. The van der Waals surface area contributed by atoms with Crippen LogP contribution in [0.5, 0.6) is 0 Å². The number of benzene rings is 1. The van der Waals surface area contributed by atoms with E-state index in [1.54, 1.807) is 22.6 Å². The molecule has 0 amide bonds. The zero-order chi connectivity index (χ0) is 10.2. The highest BCUT2D eigenvalue weighted by molar-refractivity contribution is 14.1. The van der Waals surface area contributed by atoms with Crippen LogP contribution >= 0.6 is 38.5 Å². The zero-order valence-corrected chi connectivity index (χ0v) is 10.7. The van der Waals surface area contributed by atoms with E-state index in [1.165, 1.54) is 0 Å². The predicted octanol–water partition coefficient (Wildman–Crippen LogP) is 1.84. The maximum Gasteiger partial charge on any atom is 0.239 e. The molecule has 0 fully saturated rings. The van der Waals surface area contributed by atoms with Crippen molar-refractivity contribution in [3.63, 3.8) is 0 Å². The average molecular weight is 380 g/mol. The topological polar surface area (TPSA) is 60.2 Å². The smallest absolute Gasteiger partial charge is 0.225 e. The van der Waals surface area contributed by atoms with Gasteiger partial charge in [0.05, 0.1) is 12.9 Å². The molecule has 1 rings (SSSR count). The van der Waals surface area contributed by atoms with Gasteiger partial charge in [0, 0.05) is 0 Å². The molecule has 0 atom stereocenters. The molecule has 1 aromatic rings.